The first kappa shape index (κ1) is 11.6. The number of halogens is 1. The number of benzene rings is 1. The third kappa shape index (κ3) is 2.60. The van der Waals surface area contributed by atoms with E-state index in [0.717, 1.165) is 31.4 Å². The van der Waals surface area contributed by atoms with Gasteiger partial charge in [0.1, 0.15) is 5.82 Å². The largest absolute Gasteiger partial charge is 0.396 e. The van der Waals surface area contributed by atoms with Crippen LogP contribution < -0.4 is 5.32 Å². The molecule has 0 radical (unpaired) electrons. The normalized spacial score (nSPS) is 24.1. The van der Waals surface area contributed by atoms with Crippen molar-refractivity contribution < 1.29 is 9.50 Å². The van der Waals surface area contributed by atoms with Crippen LogP contribution in [-0.4, -0.2) is 24.3 Å². The predicted octanol–water partition coefficient (Wildman–Crippen LogP) is 2.04. The first-order chi connectivity index (χ1) is 7.81. The molecule has 0 aliphatic heterocycles. The van der Waals surface area contributed by atoms with Gasteiger partial charge >= 0.3 is 0 Å². The Kier molecular flexibility index (Phi) is 3.91. The number of hydrogen-bond acceptors (Lipinski definition) is 2. The first-order valence-corrected chi connectivity index (χ1v) is 5.90. The van der Waals surface area contributed by atoms with E-state index in [9.17, 15) is 4.39 Å². The van der Waals surface area contributed by atoms with Crippen LogP contribution in [0, 0.1) is 5.82 Å². The summed E-state index contributed by atoms with van der Waals surface area (Å²) in [5, 5.41) is 12.0. The fourth-order valence-electron chi connectivity index (χ4n) is 2.23. The zero-order valence-corrected chi connectivity index (χ0v) is 9.32. The molecule has 1 saturated carbocycles. The van der Waals surface area contributed by atoms with Gasteiger partial charge in [-0.2, -0.15) is 0 Å². The topological polar surface area (TPSA) is 32.3 Å². The molecule has 0 amide bonds. The van der Waals surface area contributed by atoms with Crippen LogP contribution in [0.2, 0.25) is 0 Å². The lowest BCUT2D eigenvalue weighted by Crippen LogP contribution is -2.40. The quantitative estimate of drug-likeness (QED) is 0.749. The molecule has 0 spiro atoms. The molecule has 1 aliphatic carbocycles. The van der Waals surface area contributed by atoms with Gasteiger partial charge in [-0.3, -0.25) is 0 Å². The van der Waals surface area contributed by atoms with E-state index < -0.39 is 0 Å². The van der Waals surface area contributed by atoms with Gasteiger partial charge in [-0.25, -0.2) is 4.39 Å². The molecule has 0 heterocycles. The highest BCUT2D eigenvalue weighted by Gasteiger charge is 2.31. The molecule has 0 aromatic heterocycles. The van der Waals surface area contributed by atoms with Crippen molar-refractivity contribution >= 4 is 0 Å². The molecule has 2 N–H and O–H groups in total. The standard InChI is InChI=1S/C13H18FNO/c14-13-5-2-1-4-12(13)10-8-11(9-10)15-6-3-7-16/h1-2,4-5,10-11,15-16H,3,6-9H2. The molecule has 88 valence electrons. The Morgan fingerprint density at radius 3 is 2.75 bits per heavy atom. The molecule has 2 rings (SSSR count). The average Bonchev–Trinajstić information content (AvgIpc) is 2.23. The smallest absolute Gasteiger partial charge is 0.126 e. The number of aliphatic hydroxyl groups is 1. The van der Waals surface area contributed by atoms with Gasteiger partial charge in [0.15, 0.2) is 0 Å². The fraction of sp³-hybridized carbons (Fsp3) is 0.538. The molecule has 0 atom stereocenters. The summed E-state index contributed by atoms with van der Waals surface area (Å²) in [4.78, 5) is 0. The van der Waals surface area contributed by atoms with Crippen molar-refractivity contribution in [1.29, 1.82) is 0 Å². The Balaban J connectivity index is 1.78. The van der Waals surface area contributed by atoms with Crippen LogP contribution in [0.15, 0.2) is 24.3 Å². The second-order valence-corrected chi connectivity index (χ2v) is 4.42. The summed E-state index contributed by atoms with van der Waals surface area (Å²) in [5.41, 5.74) is 0.850. The maximum absolute atomic E-state index is 13.4. The SMILES string of the molecule is OCCCNC1CC(c2ccccc2F)C1. The zero-order valence-electron chi connectivity index (χ0n) is 9.32. The van der Waals surface area contributed by atoms with Gasteiger partial charge in [0.25, 0.3) is 0 Å². The zero-order chi connectivity index (χ0) is 11.4. The lowest BCUT2D eigenvalue weighted by atomic mass is 9.75. The van der Waals surface area contributed by atoms with E-state index >= 15 is 0 Å². The molecule has 1 aromatic rings. The van der Waals surface area contributed by atoms with Gasteiger partial charge in [0.2, 0.25) is 0 Å². The maximum Gasteiger partial charge on any atom is 0.126 e. The average molecular weight is 223 g/mol. The second kappa shape index (κ2) is 5.41. The van der Waals surface area contributed by atoms with Gasteiger partial charge < -0.3 is 10.4 Å². The number of hydrogen-bond donors (Lipinski definition) is 2. The van der Waals surface area contributed by atoms with Crippen LogP contribution in [-0.2, 0) is 0 Å². The van der Waals surface area contributed by atoms with Crippen molar-refractivity contribution in [1.82, 2.24) is 5.32 Å². The van der Waals surface area contributed by atoms with Crippen molar-refractivity contribution in [3.05, 3.63) is 35.6 Å². The van der Waals surface area contributed by atoms with Gasteiger partial charge in [0.05, 0.1) is 0 Å². The van der Waals surface area contributed by atoms with E-state index in [4.69, 9.17) is 5.11 Å². The summed E-state index contributed by atoms with van der Waals surface area (Å²) in [7, 11) is 0. The van der Waals surface area contributed by atoms with Crippen molar-refractivity contribution in [2.24, 2.45) is 0 Å². The summed E-state index contributed by atoms with van der Waals surface area (Å²) >= 11 is 0. The number of nitrogens with one attached hydrogen (secondary N) is 1. The van der Waals surface area contributed by atoms with Gasteiger partial charge in [-0.05, 0) is 43.4 Å². The van der Waals surface area contributed by atoms with Crippen molar-refractivity contribution in [2.45, 2.75) is 31.2 Å². The summed E-state index contributed by atoms with van der Waals surface area (Å²) in [6.45, 7) is 1.08. The summed E-state index contributed by atoms with van der Waals surface area (Å²) in [6.07, 6.45) is 2.81. The minimum absolute atomic E-state index is 0.0821. The Morgan fingerprint density at radius 2 is 2.06 bits per heavy atom. The van der Waals surface area contributed by atoms with Crippen LogP contribution in [0.3, 0.4) is 0 Å². The summed E-state index contributed by atoms with van der Waals surface area (Å²) in [6, 6.07) is 7.53. The Bertz CT molecular complexity index is 336. The Labute approximate surface area is 95.5 Å². The van der Waals surface area contributed by atoms with E-state index in [0.29, 0.717) is 12.0 Å². The third-order valence-corrected chi connectivity index (χ3v) is 3.25. The molecular weight excluding hydrogens is 205 g/mol. The summed E-state index contributed by atoms with van der Waals surface area (Å²) in [5.74, 6) is 0.286. The van der Waals surface area contributed by atoms with E-state index in [-0.39, 0.29) is 12.4 Å². The molecule has 0 unspecified atom stereocenters. The number of rotatable bonds is 5. The maximum atomic E-state index is 13.4. The van der Waals surface area contributed by atoms with Crippen LogP contribution in [0.1, 0.15) is 30.7 Å². The lowest BCUT2D eigenvalue weighted by Gasteiger charge is -2.36. The molecule has 1 aromatic carbocycles. The van der Waals surface area contributed by atoms with E-state index in [2.05, 4.69) is 5.32 Å². The van der Waals surface area contributed by atoms with Crippen LogP contribution >= 0.6 is 0 Å². The third-order valence-electron chi connectivity index (χ3n) is 3.25. The molecule has 2 nitrogen and oxygen atoms in total. The minimum atomic E-state index is -0.0821. The number of aliphatic hydroxyl groups excluding tert-OH is 1. The van der Waals surface area contributed by atoms with E-state index in [1.807, 2.05) is 12.1 Å². The highest BCUT2D eigenvalue weighted by molar-refractivity contribution is 5.24. The highest BCUT2D eigenvalue weighted by atomic mass is 19.1. The molecule has 3 heteroatoms. The van der Waals surface area contributed by atoms with Gasteiger partial charge in [0, 0.05) is 12.6 Å². The van der Waals surface area contributed by atoms with Crippen molar-refractivity contribution in [3.63, 3.8) is 0 Å². The van der Waals surface area contributed by atoms with Crippen LogP contribution in [0.5, 0.6) is 0 Å². The van der Waals surface area contributed by atoms with Gasteiger partial charge in [-0.1, -0.05) is 18.2 Å². The molecule has 0 saturated heterocycles. The summed E-state index contributed by atoms with van der Waals surface area (Å²) < 4.78 is 13.4. The monoisotopic (exact) mass is 223 g/mol. The lowest BCUT2D eigenvalue weighted by molar-refractivity contribution is 0.256. The second-order valence-electron chi connectivity index (χ2n) is 4.42. The molecule has 1 fully saturated rings. The van der Waals surface area contributed by atoms with E-state index in [1.165, 1.54) is 6.07 Å². The molecular formula is C13H18FNO. The van der Waals surface area contributed by atoms with Gasteiger partial charge in [-0.15, -0.1) is 0 Å². The first-order valence-electron chi connectivity index (χ1n) is 5.90. The predicted molar refractivity (Wildman–Crippen MR) is 61.9 cm³/mol. The Morgan fingerprint density at radius 1 is 1.31 bits per heavy atom. The molecule has 1 aliphatic rings. The minimum Gasteiger partial charge on any atom is -0.396 e. The van der Waals surface area contributed by atoms with Crippen LogP contribution in [0.4, 0.5) is 4.39 Å². The molecule has 0 bridgehead atoms. The fourth-order valence-corrected chi connectivity index (χ4v) is 2.23. The highest BCUT2D eigenvalue weighted by Crippen LogP contribution is 2.37. The molecule has 16 heavy (non-hydrogen) atoms. The van der Waals surface area contributed by atoms with Crippen molar-refractivity contribution in [3.8, 4) is 0 Å². The van der Waals surface area contributed by atoms with E-state index in [1.54, 1.807) is 6.07 Å². The van der Waals surface area contributed by atoms with Crippen molar-refractivity contribution in [2.75, 3.05) is 13.2 Å². The van der Waals surface area contributed by atoms with Crippen LogP contribution in [0.25, 0.3) is 0 Å². The Hall–Kier alpha value is -0.930.